The highest BCUT2D eigenvalue weighted by Gasteiger charge is 2.45. The van der Waals surface area contributed by atoms with Crippen molar-refractivity contribution in [1.82, 2.24) is 4.57 Å². The highest BCUT2D eigenvalue weighted by molar-refractivity contribution is 7.02. The number of aromatic nitrogens is 1. The summed E-state index contributed by atoms with van der Waals surface area (Å²) in [4.78, 5) is 0. The van der Waals surface area contributed by atoms with E-state index in [2.05, 4.69) is 426 Å². The number of nitrogens with zero attached hydrogens (tertiary/aromatic N) is 1. The molecule has 0 spiro atoms. The van der Waals surface area contributed by atoms with Crippen molar-refractivity contribution >= 4 is 68.0 Å². The van der Waals surface area contributed by atoms with Crippen LogP contribution in [0.5, 0.6) is 0 Å². The van der Waals surface area contributed by atoms with E-state index >= 15 is 0 Å². The Hall–Kier alpha value is -13.3. The van der Waals surface area contributed by atoms with Gasteiger partial charge in [0.1, 0.15) is 0 Å². The van der Waals surface area contributed by atoms with Gasteiger partial charge in [-0.3, -0.25) is 0 Å². The van der Waals surface area contributed by atoms with Crippen LogP contribution in [0, 0.1) is 125 Å². The van der Waals surface area contributed by atoms with E-state index in [9.17, 15) is 0 Å². The van der Waals surface area contributed by atoms with Gasteiger partial charge in [0, 0.05) is 27.5 Å². The van der Waals surface area contributed by atoms with E-state index in [-0.39, 0.29) is 13.4 Å². The Kier molecular flexibility index (Phi) is 19.3. The summed E-state index contributed by atoms with van der Waals surface area (Å²) in [5, 5.41) is 2.49. The summed E-state index contributed by atoms with van der Waals surface area (Å²) in [7, 11) is 0. The zero-order chi connectivity index (χ0) is 85.0. The maximum Gasteiger partial charge on any atom is 0.247 e. The molecule has 0 radical (unpaired) electrons. The van der Waals surface area contributed by atoms with Gasteiger partial charge >= 0.3 is 0 Å². The first-order chi connectivity index (χ1) is 59.5. The first kappa shape index (κ1) is 78.2. The molecule has 0 fully saturated rings. The smallest absolute Gasteiger partial charge is 0.247 e. The molecule has 0 bridgehead atoms. The van der Waals surface area contributed by atoms with Crippen molar-refractivity contribution in [3.63, 3.8) is 0 Å². The minimum Gasteiger partial charge on any atom is -0.311 e. The molecule has 0 amide bonds. The van der Waals surface area contributed by atoms with E-state index in [0.29, 0.717) is 0 Å². The van der Waals surface area contributed by atoms with Gasteiger partial charge in [0.05, 0.1) is 0 Å². The van der Waals surface area contributed by atoms with Gasteiger partial charge in [-0.25, -0.2) is 0 Å². The van der Waals surface area contributed by atoms with Crippen LogP contribution in [-0.2, 0) is 0 Å². The van der Waals surface area contributed by atoms with Gasteiger partial charge in [0.2, 0.25) is 13.4 Å². The molecule has 3 heteroatoms. The lowest BCUT2D eigenvalue weighted by Gasteiger charge is -2.37. The second-order valence-corrected chi connectivity index (χ2v) is 36.3. The van der Waals surface area contributed by atoms with E-state index in [0.717, 1.165) is 0 Å². The molecule has 18 aromatic rings. The molecule has 0 saturated carbocycles. The standard InChI is InChI=1S/C120H103B2N/c1-68-52-82(15)116(83(16)53-68)121-103-64-92(113-97(107-70(3)34-28-35-71(107)4)56-89(86-46-22-19-23-47-86)57-98(113)108-72(5)36-29-37-73(108)6)62-95-96-63-93(114-99(109-74(7)38-30-39-75(109)8)58-90(87-48-24-20-25-49-87)59-100(114)110-76(9)40-31-41-77(110)10)65-104-119(96)123(118(95)103)120-105(121)66-94(67-106(120)122(104)117-84(17)54-69(2)55-85(117)18)115-101(111-78(11)42-32-43-79(111)12)60-91(88-50-26-21-27-51-88)61-102(115)112-80(13)44-33-45-81(112)14/h19-67H,1-18H3. The van der Waals surface area contributed by atoms with E-state index in [1.54, 1.807) is 0 Å². The maximum atomic E-state index is 2.84. The van der Waals surface area contributed by atoms with Crippen LogP contribution in [0.25, 0.3) is 161 Å². The molecule has 17 aromatic carbocycles. The van der Waals surface area contributed by atoms with Gasteiger partial charge in [-0.2, -0.15) is 0 Å². The summed E-state index contributed by atoms with van der Waals surface area (Å²) in [6.07, 6.45) is 0. The predicted molar refractivity (Wildman–Crippen MR) is 533 cm³/mol. The Morgan fingerprint density at radius 3 is 0.610 bits per heavy atom. The van der Waals surface area contributed by atoms with Crippen molar-refractivity contribution in [2.45, 2.75) is 125 Å². The number of aryl methyl sites for hydroxylation is 18. The molecule has 1 aromatic heterocycles. The lowest BCUT2D eigenvalue weighted by molar-refractivity contribution is 1.20. The average Bonchev–Trinajstić information content (AvgIpc) is 1.53. The quantitative estimate of drug-likeness (QED) is 0.0957. The van der Waals surface area contributed by atoms with E-state index in [4.69, 9.17) is 0 Å². The maximum absolute atomic E-state index is 2.84. The van der Waals surface area contributed by atoms with Crippen LogP contribution in [0.1, 0.15) is 100 Å². The number of hydrogen-bond acceptors (Lipinski definition) is 0. The third-order valence-corrected chi connectivity index (χ3v) is 27.8. The van der Waals surface area contributed by atoms with Crippen molar-refractivity contribution in [3.8, 4) is 139 Å². The topological polar surface area (TPSA) is 4.93 Å². The van der Waals surface area contributed by atoms with Crippen LogP contribution in [0.4, 0.5) is 0 Å². The third kappa shape index (κ3) is 12.8. The molecule has 2 aliphatic rings. The lowest BCUT2D eigenvalue weighted by atomic mass is 9.30. The monoisotopic (exact) mass is 1580 g/mol. The second kappa shape index (κ2) is 30.4. The molecule has 20 rings (SSSR count). The largest absolute Gasteiger partial charge is 0.311 e. The minimum absolute atomic E-state index is 0.274. The highest BCUT2D eigenvalue weighted by Crippen LogP contribution is 2.54. The molecular weight excluding hydrogens is 1480 g/mol. The fraction of sp³-hybridized carbons (Fsp3) is 0.150. The Morgan fingerprint density at radius 2 is 0.382 bits per heavy atom. The van der Waals surface area contributed by atoms with E-state index in [1.807, 2.05) is 0 Å². The van der Waals surface area contributed by atoms with Crippen LogP contribution in [-0.4, -0.2) is 18.0 Å². The van der Waals surface area contributed by atoms with Crippen molar-refractivity contribution in [3.05, 3.63) is 397 Å². The van der Waals surface area contributed by atoms with Crippen LogP contribution in [0.3, 0.4) is 0 Å². The number of fused-ring (bicyclic) bond motifs is 1. The molecule has 0 unspecified atom stereocenters. The summed E-state index contributed by atoms with van der Waals surface area (Å²) in [6.45, 7) is 41.7. The average molecular weight is 1580 g/mol. The molecule has 0 saturated heterocycles. The zero-order valence-corrected chi connectivity index (χ0v) is 74.4. The molecule has 3 heterocycles. The molecule has 123 heavy (non-hydrogen) atoms. The van der Waals surface area contributed by atoms with Gasteiger partial charge in [0.15, 0.2) is 0 Å². The van der Waals surface area contributed by atoms with E-state index < -0.39 is 0 Å². The summed E-state index contributed by atoms with van der Waals surface area (Å²) in [5.41, 5.74) is 63.7. The van der Waals surface area contributed by atoms with Crippen molar-refractivity contribution in [1.29, 1.82) is 0 Å². The minimum atomic E-state index is -0.274. The van der Waals surface area contributed by atoms with Gasteiger partial charge in [-0.15, -0.1) is 0 Å². The summed E-state index contributed by atoms with van der Waals surface area (Å²) in [5.74, 6) is 0. The Morgan fingerprint density at radius 1 is 0.171 bits per heavy atom. The SMILES string of the molecule is Cc1cc(C)c(B2c3cc(-c4c(-c5c(C)cccc5C)cc(-c5ccccc5)cc4-c4c(C)cccc4C)cc4c3-n3c5c2cc(-c2c(-c6c(C)cccc6C)cc(-c6ccccc6)cc2-c2c(C)cccc2C)cc5c2cc(-c5c(-c6c(C)cccc6C)cc(-c6ccccc6)cc5-c5c(C)cccc5C)cc(c23)B4c2c(C)cc(C)cc2C)c(C)c1. The third-order valence-electron chi connectivity index (χ3n) is 27.8. The molecular formula is C120H103B2N. The van der Waals surface area contributed by atoms with Crippen molar-refractivity contribution in [2.24, 2.45) is 0 Å². The number of rotatable bonds is 14. The van der Waals surface area contributed by atoms with Gasteiger partial charge in [0.25, 0.3) is 0 Å². The van der Waals surface area contributed by atoms with Gasteiger partial charge < -0.3 is 4.57 Å². The molecule has 594 valence electrons. The van der Waals surface area contributed by atoms with Gasteiger partial charge in [-0.05, 0) is 395 Å². The van der Waals surface area contributed by atoms with Crippen LogP contribution in [0.2, 0.25) is 0 Å². The van der Waals surface area contributed by atoms with Gasteiger partial charge in [-0.1, -0.05) is 293 Å². The van der Waals surface area contributed by atoms with Crippen molar-refractivity contribution < 1.29 is 0 Å². The number of hydrogen-bond donors (Lipinski definition) is 0. The van der Waals surface area contributed by atoms with E-state index in [1.165, 1.54) is 294 Å². The van der Waals surface area contributed by atoms with Crippen molar-refractivity contribution in [2.75, 3.05) is 0 Å². The second-order valence-electron chi connectivity index (χ2n) is 36.3. The number of benzene rings is 17. The Balaban J connectivity index is 1.05. The first-order valence-electron chi connectivity index (χ1n) is 44.1. The Bertz CT molecular complexity index is 6760. The molecule has 0 aliphatic carbocycles. The highest BCUT2D eigenvalue weighted by atomic mass is 15.0. The predicted octanol–water partition coefficient (Wildman–Crippen LogP) is 28.0. The fourth-order valence-electron chi connectivity index (χ4n) is 22.9. The molecule has 0 N–H and O–H groups in total. The molecule has 0 atom stereocenters. The first-order valence-corrected chi connectivity index (χ1v) is 44.1. The fourth-order valence-corrected chi connectivity index (χ4v) is 22.9. The summed E-state index contributed by atoms with van der Waals surface area (Å²) >= 11 is 0. The normalized spacial score (nSPS) is 12.1. The van der Waals surface area contributed by atoms with Crippen LogP contribution in [0.15, 0.2) is 297 Å². The Labute approximate surface area is 728 Å². The molecule has 2 aliphatic heterocycles. The van der Waals surface area contributed by atoms with Crippen LogP contribution >= 0.6 is 0 Å². The summed E-state index contributed by atoms with van der Waals surface area (Å²) in [6, 6.07) is 116. The zero-order valence-electron chi connectivity index (χ0n) is 74.4. The molecule has 1 nitrogen and oxygen atoms in total. The van der Waals surface area contributed by atoms with Crippen LogP contribution < -0.4 is 32.8 Å². The lowest BCUT2D eigenvalue weighted by Crippen LogP contribution is -2.64. The summed E-state index contributed by atoms with van der Waals surface area (Å²) < 4.78 is 2.84.